The van der Waals surface area contributed by atoms with E-state index in [2.05, 4.69) is 17.3 Å². The second kappa shape index (κ2) is 10.6. The van der Waals surface area contributed by atoms with E-state index < -0.39 is 0 Å². The molecule has 0 unspecified atom stereocenters. The van der Waals surface area contributed by atoms with Gasteiger partial charge in [0.15, 0.2) is 0 Å². The van der Waals surface area contributed by atoms with Crippen LogP contribution in [0.5, 0.6) is 0 Å². The summed E-state index contributed by atoms with van der Waals surface area (Å²) in [6.45, 7) is 4.74. The minimum absolute atomic E-state index is 0. The van der Waals surface area contributed by atoms with Crippen LogP contribution in [0, 0.1) is 0 Å². The molecule has 1 aliphatic heterocycles. The molecule has 1 heterocycles. The maximum Gasteiger partial charge on any atom is -0.870 e. The van der Waals surface area contributed by atoms with E-state index in [1.807, 2.05) is 30.3 Å². The molecule has 0 radical (unpaired) electrons. The van der Waals surface area contributed by atoms with Crippen molar-refractivity contribution < 1.29 is 11.0 Å². The van der Waals surface area contributed by atoms with Crippen LogP contribution >= 0.6 is 0 Å². The largest absolute Gasteiger partial charge is 0.870 e. The summed E-state index contributed by atoms with van der Waals surface area (Å²) in [4.78, 5) is 2.33. The van der Waals surface area contributed by atoms with E-state index in [9.17, 15) is 0 Å². The zero-order chi connectivity index (χ0) is 10.2. The van der Waals surface area contributed by atoms with Crippen LogP contribution in [0.15, 0.2) is 30.3 Å². The van der Waals surface area contributed by atoms with Crippen molar-refractivity contribution in [1.29, 1.82) is 0 Å². The summed E-state index contributed by atoms with van der Waals surface area (Å²) in [5, 5.41) is 3.27. The number of piperazine rings is 1. The molecule has 4 nitrogen and oxygen atoms in total. The number of likely N-dealkylation sites (N-methyl/N-ethyl adjacent to an activating group) is 1. The fourth-order valence-electron chi connectivity index (χ4n) is 1.23. The first kappa shape index (κ1) is 17.5. The van der Waals surface area contributed by atoms with Crippen molar-refractivity contribution in [3.8, 4) is 0 Å². The fourth-order valence-corrected chi connectivity index (χ4v) is 1.23. The monoisotopic (exact) mass is 222 g/mol. The summed E-state index contributed by atoms with van der Waals surface area (Å²) in [5.74, 6) is 0. The Morgan fingerprint density at radius 1 is 1.06 bits per heavy atom. The van der Waals surface area contributed by atoms with Crippen LogP contribution in [0.25, 0.3) is 0 Å². The zero-order valence-corrected chi connectivity index (χ0v) is 9.63. The summed E-state index contributed by atoms with van der Waals surface area (Å²) < 4.78 is 0. The van der Waals surface area contributed by atoms with Gasteiger partial charge in [-0.25, -0.2) is 0 Å². The second-order valence-electron chi connectivity index (χ2n) is 3.46. The molecular formula is C11H19BN2O2. The van der Waals surface area contributed by atoms with Crippen molar-refractivity contribution in [1.82, 2.24) is 10.2 Å². The molecule has 1 aromatic rings. The Bertz CT molecular complexity index is 241. The molecule has 0 amide bonds. The van der Waals surface area contributed by atoms with Crippen molar-refractivity contribution in [2.75, 3.05) is 33.2 Å². The first-order chi connectivity index (χ1) is 6.79. The van der Waals surface area contributed by atoms with Gasteiger partial charge >= 0.3 is 43.6 Å². The fraction of sp³-hybridized carbons (Fsp3) is 0.455. The Kier molecular flexibility index (Phi) is 11.6. The van der Waals surface area contributed by atoms with Crippen molar-refractivity contribution in [3.63, 3.8) is 0 Å². The molecule has 3 N–H and O–H groups in total. The van der Waals surface area contributed by atoms with Crippen molar-refractivity contribution in [2.45, 2.75) is 0 Å². The van der Waals surface area contributed by atoms with Gasteiger partial charge in [0.1, 0.15) is 0 Å². The van der Waals surface area contributed by atoms with Gasteiger partial charge in [-0.1, -0.05) is 0 Å². The summed E-state index contributed by atoms with van der Waals surface area (Å²) in [6.07, 6.45) is 0. The van der Waals surface area contributed by atoms with E-state index in [0.717, 1.165) is 18.6 Å². The summed E-state index contributed by atoms with van der Waals surface area (Å²) >= 11 is 0. The van der Waals surface area contributed by atoms with E-state index in [1.54, 1.807) is 0 Å². The molecule has 1 fully saturated rings. The Morgan fingerprint density at radius 3 is 1.81 bits per heavy atom. The minimum atomic E-state index is 0. The van der Waals surface area contributed by atoms with Crippen LogP contribution in [-0.4, -0.2) is 56.9 Å². The smallest absolute Gasteiger partial charge is 0.870 e. The molecule has 88 valence electrons. The van der Waals surface area contributed by atoms with E-state index in [4.69, 9.17) is 7.85 Å². The Hall–Kier alpha value is -0.875. The number of benzene rings is 1. The standard InChI is InChI=1S/C6H5B.C5H12N2.2H2O/c7-6-4-2-1-3-5-6;1-7-4-2-6-3-5-7;;/h1-5H;6H,2-5H2,1H3;2*1H2/q+2;;;/p-2. The van der Waals surface area contributed by atoms with Gasteiger partial charge in [0.05, 0.1) is 0 Å². The third-order valence-corrected chi connectivity index (χ3v) is 2.14. The van der Waals surface area contributed by atoms with E-state index in [-0.39, 0.29) is 11.0 Å². The van der Waals surface area contributed by atoms with Crippen LogP contribution in [0.1, 0.15) is 0 Å². The molecule has 1 saturated heterocycles. The molecule has 5 heteroatoms. The average molecular weight is 222 g/mol. The maximum atomic E-state index is 5.36. The molecule has 0 saturated carbocycles. The van der Waals surface area contributed by atoms with E-state index in [0.29, 0.717) is 0 Å². The minimum Gasteiger partial charge on any atom is -0.870 e. The molecule has 2 rings (SSSR count). The van der Waals surface area contributed by atoms with Gasteiger partial charge in [0.25, 0.3) is 0 Å². The van der Waals surface area contributed by atoms with Gasteiger partial charge in [-0.2, -0.15) is 0 Å². The second-order valence-corrected chi connectivity index (χ2v) is 3.46. The molecule has 0 aliphatic carbocycles. The summed E-state index contributed by atoms with van der Waals surface area (Å²) in [6, 6.07) is 9.49. The quantitative estimate of drug-likeness (QED) is 0.608. The molecule has 1 aliphatic rings. The normalized spacial score (nSPS) is 14.9. The third kappa shape index (κ3) is 8.43. The molecule has 0 bridgehead atoms. The van der Waals surface area contributed by atoms with Crippen LogP contribution in [0.2, 0.25) is 0 Å². The average Bonchev–Trinajstić information content (AvgIpc) is 2.21. The van der Waals surface area contributed by atoms with Crippen LogP contribution in [0.4, 0.5) is 0 Å². The van der Waals surface area contributed by atoms with Crippen LogP contribution in [-0.2, 0) is 0 Å². The van der Waals surface area contributed by atoms with Gasteiger partial charge in [-0.05, 0) is 7.05 Å². The van der Waals surface area contributed by atoms with Crippen molar-refractivity contribution >= 4 is 13.3 Å². The van der Waals surface area contributed by atoms with Crippen molar-refractivity contribution in [2.24, 2.45) is 0 Å². The van der Waals surface area contributed by atoms with E-state index in [1.165, 1.54) is 13.1 Å². The number of nitrogens with one attached hydrogen (secondary N) is 1. The first-order valence-corrected chi connectivity index (χ1v) is 4.99. The first-order valence-electron chi connectivity index (χ1n) is 4.99. The van der Waals surface area contributed by atoms with Gasteiger partial charge in [-0.15, -0.1) is 0 Å². The van der Waals surface area contributed by atoms with Gasteiger partial charge in [0, 0.05) is 26.2 Å². The number of rotatable bonds is 0. The van der Waals surface area contributed by atoms with Crippen LogP contribution < -0.4 is 10.8 Å². The third-order valence-electron chi connectivity index (χ3n) is 2.14. The topological polar surface area (TPSA) is 75.3 Å². The van der Waals surface area contributed by atoms with Gasteiger partial charge < -0.3 is 21.2 Å². The SMILES string of the molecule is CN1CCNCC1.[B+2]c1ccccc1.[OH-].[OH-]. The molecular weight excluding hydrogens is 203 g/mol. The van der Waals surface area contributed by atoms with Gasteiger partial charge in [-0.3, -0.25) is 0 Å². The summed E-state index contributed by atoms with van der Waals surface area (Å²) in [7, 11) is 7.51. The molecule has 1 aromatic carbocycles. The predicted molar refractivity (Wildman–Crippen MR) is 66.1 cm³/mol. The molecule has 0 atom stereocenters. The Morgan fingerprint density at radius 2 is 1.56 bits per heavy atom. The van der Waals surface area contributed by atoms with Crippen molar-refractivity contribution in [3.05, 3.63) is 30.3 Å². The predicted octanol–water partition coefficient (Wildman–Crippen LogP) is -0.352. The maximum absolute atomic E-state index is 5.36. The molecule has 16 heavy (non-hydrogen) atoms. The molecule has 0 aromatic heterocycles. The van der Waals surface area contributed by atoms with Crippen LogP contribution in [0.3, 0.4) is 0 Å². The Labute approximate surface area is 98.7 Å². The zero-order valence-electron chi connectivity index (χ0n) is 9.63. The molecule has 0 spiro atoms. The Balaban J connectivity index is 0. The number of nitrogens with zero attached hydrogens (tertiary/aromatic N) is 1. The number of hydrogen-bond acceptors (Lipinski definition) is 4. The number of hydrogen-bond donors (Lipinski definition) is 1. The van der Waals surface area contributed by atoms with E-state index >= 15 is 0 Å². The van der Waals surface area contributed by atoms with Gasteiger partial charge in [0.2, 0.25) is 0 Å². The summed E-state index contributed by atoms with van der Waals surface area (Å²) in [5.41, 5.74) is 0.822.